The highest BCUT2D eigenvalue weighted by molar-refractivity contribution is 5.09. The molecule has 14 heavy (non-hydrogen) atoms. The summed E-state index contributed by atoms with van der Waals surface area (Å²) in [6.45, 7) is 2.92. The molecule has 1 saturated heterocycles. The van der Waals surface area contributed by atoms with Crippen molar-refractivity contribution in [1.82, 2.24) is 9.88 Å². The fraction of sp³-hybridized carbons (Fsp3) is 0.545. The molecular formula is C11H16N2O. The van der Waals surface area contributed by atoms with Crippen molar-refractivity contribution in [2.75, 3.05) is 19.6 Å². The van der Waals surface area contributed by atoms with Crippen LogP contribution in [0.4, 0.5) is 0 Å². The van der Waals surface area contributed by atoms with Crippen LogP contribution in [0.15, 0.2) is 24.5 Å². The van der Waals surface area contributed by atoms with E-state index in [1.165, 1.54) is 5.56 Å². The maximum Gasteiger partial charge on any atom is 0.0679 e. The number of aliphatic hydroxyl groups is 1. The van der Waals surface area contributed by atoms with Gasteiger partial charge in [0.2, 0.25) is 0 Å². The van der Waals surface area contributed by atoms with Crippen molar-refractivity contribution in [1.29, 1.82) is 0 Å². The minimum Gasteiger partial charge on any atom is -0.392 e. The van der Waals surface area contributed by atoms with Gasteiger partial charge in [-0.25, -0.2) is 0 Å². The van der Waals surface area contributed by atoms with E-state index in [4.69, 9.17) is 0 Å². The number of nitrogens with zero attached hydrogens (tertiary/aromatic N) is 2. The van der Waals surface area contributed by atoms with E-state index in [9.17, 15) is 5.11 Å². The molecular weight excluding hydrogens is 176 g/mol. The molecule has 3 nitrogen and oxygen atoms in total. The van der Waals surface area contributed by atoms with Gasteiger partial charge in [-0.3, -0.25) is 4.98 Å². The third kappa shape index (κ3) is 2.53. The molecule has 0 bridgehead atoms. The number of hydrogen-bond donors (Lipinski definition) is 1. The number of aromatic nitrogens is 1. The monoisotopic (exact) mass is 192 g/mol. The van der Waals surface area contributed by atoms with E-state index in [0.29, 0.717) is 0 Å². The lowest BCUT2D eigenvalue weighted by Crippen LogP contribution is -2.24. The molecule has 0 radical (unpaired) electrons. The zero-order valence-electron chi connectivity index (χ0n) is 8.26. The number of pyridine rings is 1. The standard InChI is InChI=1S/C11H16N2O/c14-11-4-8-13(9-11)7-3-10-1-5-12-6-2-10/h1-2,5-6,11,14H,3-4,7-9H2/t11-/m1/s1. The van der Waals surface area contributed by atoms with Crippen molar-refractivity contribution in [2.45, 2.75) is 18.9 Å². The van der Waals surface area contributed by atoms with E-state index in [1.807, 2.05) is 24.5 Å². The topological polar surface area (TPSA) is 36.4 Å². The molecule has 0 aliphatic carbocycles. The lowest BCUT2D eigenvalue weighted by atomic mass is 10.2. The minimum absolute atomic E-state index is 0.104. The Morgan fingerprint density at radius 1 is 1.43 bits per heavy atom. The number of rotatable bonds is 3. The summed E-state index contributed by atoms with van der Waals surface area (Å²) in [6.07, 6.45) is 5.53. The highest BCUT2D eigenvalue weighted by atomic mass is 16.3. The van der Waals surface area contributed by atoms with Crippen LogP contribution < -0.4 is 0 Å². The van der Waals surface area contributed by atoms with Crippen LogP contribution in [-0.2, 0) is 6.42 Å². The Hall–Kier alpha value is -0.930. The molecule has 2 heterocycles. The van der Waals surface area contributed by atoms with E-state index in [2.05, 4.69) is 9.88 Å². The molecule has 0 unspecified atom stereocenters. The van der Waals surface area contributed by atoms with Crippen molar-refractivity contribution < 1.29 is 5.11 Å². The predicted octanol–water partition coefficient (Wildman–Crippen LogP) is 0.691. The summed E-state index contributed by atoms with van der Waals surface area (Å²) in [5, 5.41) is 9.35. The first kappa shape index (κ1) is 9.62. The summed E-state index contributed by atoms with van der Waals surface area (Å²) in [7, 11) is 0. The zero-order chi connectivity index (χ0) is 9.80. The van der Waals surface area contributed by atoms with Crippen LogP contribution in [0.1, 0.15) is 12.0 Å². The van der Waals surface area contributed by atoms with E-state index < -0.39 is 0 Å². The van der Waals surface area contributed by atoms with Crippen molar-refractivity contribution in [3.05, 3.63) is 30.1 Å². The summed E-state index contributed by atoms with van der Waals surface area (Å²) in [5.41, 5.74) is 1.32. The number of aliphatic hydroxyl groups excluding tert-OH is 1. The zero-order valence-corrected chi connectivity index (χ0v) is 8.26. The summed E-state index contributed by atoms with van der Waals surface area (Å²) in [6, 6.07) is 4.10. The van der Waals surface area contributed by atoms with Crippen LogP contribution in [-0.4, -0.2) is 40.7 Å². The predicted molar refractivity (Wildman–Crippen MR) is 55.0 cm³/mol. The maximum atomic E-state index is 9.35. The van der Waals surface area contributed by atoms with Crippen molar-refractivity contribution in [2.24, 2.45) is 0 Å². The van der Waals surface area contributed by atoms with Crippen LogP contribution in [0.5, 0.6) is 0 Å². The molecule has 76 valence electrons. The molecule has 0 spiro atoms. The van der Waals surface area contributed by atoms with Gasteiger partial charge in [0.15, 0.2) is 0 Å². The maximum absolute atomic E-state index is 9.35. The van der Waals surface area contributed by atoms with Crippen molar-refractivity contribution in [3.63, 3.8) is 0 Å². The van der Waals surface area contributed by atoms with Gasteiger partial charge in [-0.2, -0.15) is 0 Å². The second kappa shape index (κ2) is 4.53. The average Bonchev–Trinajstić information content (AvgIpc) is 2.63. The molecule has 1 fully saturated rings. The Morgan fingerprint density at radius 3 is 2.86 bits per heavy atom. The van der Waals surface area contributed by atoms with Gasteiger partial charge in [0, 0.05) is 32.0 Å². The van der Waals surface area contributed by atoms with Crippen LogP contribution in [0.25, 0.3) is 0 Å². The Bertz CT molecular complexity index is 276. The van der Waals surface area contributed by atoms with Crippen molar-refractivity contribution in [3.8, 4) is 0 Å². The summed E-state index contributed by atoms with van der Waals surface area (Å²) in [5.74, 6) is 0. The molecule has 1 atom stereocenters. The number of hydrogen-bond acceptors (Lipinski definition) is 3. The van der Waals surface area contributed by atoms with E-state index in [0.717, 1.165) is 32.5 Å². The number of likely N-dealkylation sites (tertiary alicyclic amines) is 1. The fourth-order valence-corrected chi connectivity index (χ4v) is 1.85. The summed E-state index contributed by atoms with van der Waals surface area (Å²) < 4.78 is 0. The summed E-state index contributed by atoms with van der Waals surface area (Å²) in [4.78, 5) is 6.29. The molecule has 1 aromatic heterocycles. The van der Waals surface area contributed by atoms with Gasteiger partial charge in [-0.05, 0) is 30.5 Å². The molecule has 1 N–H and O–H groups in total. The molecule has 0 amide bonds. The fourth-order valence-electron chi connectivity index (χ4n) is 1.85. The second-order valence-corrected chi connectivity index (χ2v) is 3.85. The van der Waals surface area contributed by atoms with Gasteiger partial charge >= 0.3 is 0 Å². The quantitative estimate of drug-likeness (QED) is 0.765. The third-order valence-corrected chi connectivity index (χ3v) is 2.71. The highest BCUT2D eigenvalue weighted by Gasteiger charge is 2.19. The second-order valence-electron chi connectivity index (χ2n) is 3.85. The Morgan fingerprint density at radius 2 is 2.21 bits per heavy atom. The minimum atomic E-state index is -0.104. The van der Waals surface area contributed by atoms with Crippen LogP contribution in [0.2, 0.25) is 0 Å². The SMILES string of the molecule is O[C@@H]1CCN(CCc2ccncc2)C1. The molecule has 3 heteroatoms. The third-order valence-electron chi connectivity index (χ3n) is 2.71. The number of β-amino-alcohol motifs (C(OH)–C–C–N with tert-alkyl or cyclic N) is 1. The first-order chi connectivity index (χ1) is 6.84. The van der Waals surface area contributed by atoms with Gasteiger partial charge in [0.1, 0.15) is 0 Å². The Balaban J connectivity index is 1.78. The van der Waals surface area contributed by atoms with Crippen LogP contribution in [0.3, 0.4) is 0 Å². The molecule has 1 aliphatic rings. The summed E-state index contributed by atoms with van der Waals surface area (Å²) >= 11 is 0. The Labute approximate surface area is 84.4 Å². The highest BCUT2D eigenvalue weighted by Crippen LogP contribution is 2.09. The van der Waals surface area contributed by atoms with Crippen LogP contribution in [0, 0.1) is 0 Å². The van der Waals surface area contributed by atoms with Gasteiger partial charge in [0.25, 0.3) is 0 Å². The van der Waals surface area contributed by atoms with Gasteiger partial charge in [-0.1, -0.05) is 0 Å². The molecule has 0 aromatic carbocycles. The van der Waals surface area contributed by atoms with Gasteiger partial charge in [0.05, 0.1) is 6.10 Å². The largest absolute Gasteiger partial charge is 0.392 e. The van der Waals surface area contributed by atoms with Gasteiger partial charge in [-0.15, -0.1) is 0 Å². The first-order valence-electron chi connectivity index (χ1n) is 5.14. The van der Waals surface area contributed by atoms with E-state index in [1.54, 1.807) is 0 Å². The van der Waals surface area contributed by atoms with Crippen molar-refractivity contribution >= 4 is 0 Å². The average molecular weight is 192 g/mol. The van der Waals surface area contributed by atoms with E-state index in [-0.39, 0.29) is 6.10 Å². The van der Waals surface area contributed by atoms with Crippen LogP contribution >= 0.6 is 0 Å². The van der Waals surface area contributed by atoms with Gasteiger partial charge < -0.3 is 10.0 Å². The molecule has 1 aliphatic heterocycles. The molecule has 2 rings (SSSR count). The smallest absolute Gasteiger partial charge is 0.0679 e. The van der Waals surface area contributed by atoms with E-state index >= 15 is 0 Å². The lowest BCUT2D eigenvalue weighted by molar-refractivity contribution is 0.177. The Kier molecular flexibility index (Phi) is 3.11. The normalized spacial score (nSPS) is 22.8. The first-order valence-corrected chi connectivity index (χ1v) is 5.14. The molecule has 0 saturated carbocycles. The lowest BCUT2D eigenvalue weighted by Gasteiger charge is -2.14. The molecule has 1 aromatic rings.